The van der Waals surface area contributed by atoms with E-state index in [-0.39, 0.29) is 6.54 Å². The summed E-state index contributed by atoms with van der Waals surface area (Å²) in [4.78, 5) is 45.4. The molecule has 1 aliphatic rings. The van der Waals surface area contributed by atoms with Crippen LogP contribution in [0.3, 0.4) is 0 Å². The summed E-state index contributed by atoms with van der Waals surface area (Å²) in [6.07, 6.45) is 2.44. The summed E-state index contributed by atoms with van der Waals surface area (Å²) in [6.45, 7) is 2.54. The maximum atomic E-state index is 11.4. The number of imide groups is 1. The molecule has 0 radical (unpaired) electrons. The van der Waals surface area contributed by atoms with E-state index < -0.39 is 23.5 Å². The van der Waals surface area contributed by atoms with Gasteiger partial charge in [0, 0.05) is 6.54 Å². The average molecular weight is 284 g/mol. The lowest BCUT2D eigenvalue weighted by atomic mass is 10.2. The van der Waals surface area contributed by atoms with E-state index in [1.807, 2.05) is 5.32 Å². The lowest BCUT2D eigenvalue weighted by Crippen LogP contribution is -2.46. The normalized spacial score (nSPS) is 21.2. The van der Waals surface area contributed by atoms with Crippen LogP contribution in [0.4, 0.5) is 0 Å². The molecule has 8 heteroatoms. The maximum absolute atomic E-state index is 11.4. The number of rotatable bonds is 0. The minimum atomic E-state index is -1.25. The molecule has 0 aromatic heterocycles. The van der Waals surface area contributed by atoms with Crippen LogP contribution in [-0.2, 0) is 19.2 Å². The molecule has 0 spiro atoms. The van der Waals surface area contributed by atoms with Crippen LogP contribution in [0.15, 0.2) is 0 Å². The van der Waals surface area contributed by atoms with Gasteiger partial charge in [0.25, 0.3) is 5.91 Å². The van der Waals surface area contributed by atoms with E-state index in [2.05, 4.69) is 16.0 Å². The van der Waals surface area contributed by atoms with E-state index in [0.717, 1.165) is 25.9 Å². The van der Waals surface area contributed by atoms with Crippen molar-refractivity contribution >= 4 is 23.5 Å². The Bertz CT molecular complexity index is 384. The summed E-state index contributed by atoms with van der Waals surface area (Å²) in [7, 11) is 0. The molecule has 1 rings (SSSR count). The number of Topliss-reactive ketones (excluding diaryl/α,β-unsaturated/α-hetero) is 1. The number of amides is 3. The number of ketones is 1. The van der Waals surface area contributed by atoms with Gasteiger partial charge in [-0.1, -0.05) is 0 Å². The molecule has 3 amide bonds. The lowest BCUT2D eigenvalue weighted by molar-refractivity contribution is -0.146. The minimum absolute atomic E-state index is 0.0688. The highest BCUT2D eigenvalue weighted by Gasteiger charge is 2.23. The summed E-state index contributed by atoms with van der Waals surface area (Å²) in [5.74, 6) is -4.05. The molecular weight excluding hydrogens is 264 g/mol. The highest BCUT2D eigenvalue weighted by molar-refractivity contribution is 6.63. The van der Waals surface area contributed by atoms with Crippen molar-refractivity contribution in [2.45, 2.75) is 19.3 Å². The van der Waals surface area contributed by atoms with Gasteiger partial charge in [-0.05, 0) is 38.9 Å². The van der Waals surface area contributed by atoms with Crippen LogP contribution >= 0.6 is 0 Å². The predicted molar refractivity (Wildman–Crippen MR) is 70.8 cm³/mol. The molecule has 0 bridgehead atoms. The van der Waals surface area contributed by atoms with Crippen molar-refractivity contribution in [3.05, 3.63) is 0 Å². The SMILES string of the molecule is O=C1CNCCCNCCCCNC(=O)C(=O)C(=O)N1. The standard InChI is InChI=1S/C12H20N4O4/c17-9-8-14-6-3-5-13-4-1-2-7-15-11(19)10(18)12(20)16-9/h13-14H,1-8H2,(H,15,19)(H,16,17,20). The molecular formula is C12H20N4O4. The van der Waals surface area contributed by atoms with Crippen molar-refractivity contribution in [1.82, 2.24) is 21.3 Å². The first-order valence-corrected chi connectivity index (χ1v) is 6.69. The second-order valence-electron chi connectivity index (χ2n) is 4.45. The zero-order valence-electron chi connectivity index (χ0n) is 11.3. The molecule has 0 atom stereocenters. The van der Waals surface area contributed by atoms with Crippen LogP contribution < -0.4 is 21.3 Å². The first-order valence-electron chi connectivity index (χ1n) is 6.69. The molecule has 0 unspecified atom stereocenters. The number of hydrogen-bond donors (Lipinski definition) is 4. The third kappa shape index (κ3) is 6.39. The van der Waals surface area contributed by atoms with Gasteiger partial charge in [-0.25, -0.2) is 0 Å². The van der Waals surface area contributed by atoms with Crippen LogP contribution in [0.1, 0.15) is 19.3 Å². The third-order valence-corrected chi connectivity index (χ3v) is 2.72. The number of carbonyl (C=O) groups is 4. The Balaban J connectivity index is 2.49. The zero-order chi connectivity index (χ0) is 14.8. The van der Waals surface area contributed by atoms with Crippen LogP contribution in [0.2, 0.25) is 0 Å². The molecule has 1 fully saturated rings. The van der Waals surface area contributed by atoms with E-state index in [0.29, 0.717) is 19.5 Å². The second-order valence-corrected chi connectivity index (χ2v) is 4.45. The van der Waals surface area contributed by atoms with E-state index >= 15 is 0 Å². The predicted octanol–water partition coefficient (Wildman–Crippen LogP) is -2.32. The van der Waals surface area contributed by atoms with Crippen molar-refractivity contribution < 1.29 is 19.2 Å². The Morgan fingerprint density at radius 2 is 1.35 bits per heavy atom. The third-order valence-electron chi connectivity index (χ3n) is 2.72. The molecule has 4 N–H and O–H groups in total. The van der Waals surface area contributed by atoms with Gasteiger partial charge in [0.2, 0.25) is 5.91 Å². The highest BCUT2D eigenvalue weighted by Crippen LogP contribution is 1.86. The number of nitrogens with one attached hydrogen (secondary N) is 4. The molecule has 0 saturated carbocycles. The van der Waals surface area contributed by atoms with Gasteiger partial charge >= 0.3 is 11.7 Å². The molecule has 1 aliphatic heterocycles. The number of hydrogen-bond acceptors (Lipinski definition) is 6. The Morgan fingerprint density at radius 1 is 0.700 bits per heavy atom. The summed E-state index contributed by atoms with van der Waals surface area (Å²) >= 11 is 0. The van der Waals surface area contributed by atoms with E-state index in [9.17, 15) is 19.2 Å². The zero-order valence-corrected chi connectivity index (χ0v) is 11.3. The summed E-state index contributed by atoms with van der Waals surface area (Å²) in [6, 6.07) is 0. The summed E-state index contributed by atoms with van der Waals surface area (Å²) in [5.41, 5.74) is 0. The maximum Gasteiger partial charge on any atom is 0.307 e. The van der Waals surface area contributed by atoms with E-state index in [1.165, 1.54) is 0 Å². The molecule has 0 aromatic rings. The van der Waals surface area contributed by atoms with Gasteiger partial charge in [0.1, 0.15) is 0 Å². The van der Waals surface area contributed by atoms with Gasteiger partial charge in [-0.3, -0.25) is 24.5 Å². The topological polar surface area (TPSA) is 116 Å². The monoisotopic (exact) mass is 284 g/mol. The van der Waals surface area contributed by atoms with Crippen molar-refractivity contribution in [3.8, 4) is 0 Å². The molecule has 1 saturated heterocycles. The van der Waals surface area contributed by atoms with Gasteiger partial charge in [0.05, 0.1) is 6.54 Å². The summed E-state index contributed by atoms with van der Waals surface area (Å²) < 4.78 is 0. The van der Waals surface area contributed by atoms with Crippen LogP contribution in [0.25, 0.3) is 0 Å². The van der Waals surface area contributed by atoms with E-state index in [4.69, 9.17) is 0 Å². The highest BCUT2D eigenvalue weighted by atomic mass is 16.2. The fourth-order valence-corrected chi connectivity index (χ4v) is 1.65. The molecule has 0 aliphatic carbocycles. The van der Waals surface area contributed by atoms with Gasteiger partial charge in [-0.2, -0.15) is 0 Å². The van der Waals surface area contributed by atoms with Crippen molar-refractivity contribution in [2.24, 2.45) is 0 Å². The largest absolute Gasteiger partial charge is 0.349 e. The first kappa shape index (κ1) is 16.3. The van der Waals surface area contributed by atoms with E-state index in [1.54, 1.807) is 0 Å². The van der Waals surface area contributed by atoms with Crippen LogP contribution in [0.5, 0.6) is 0 Å². The van der Waals surface area contributed by atoms with Crippen LogP contribution in [-0.4, -0.2) is 56.2 Å². The van der Waals surface area contributed by atoms with Crippen LogP contribution in [0, 0.1) is 0 Å². The fraction of sp³-hybridized carbons (Fsp3) is 0.667. The van der Waals surface area contributed by atoms with Gasteiger partial charge in [-0.15, -0.1) is 0 Å². The summed E-state index contributed by atoms with van der Waals surface area (Å²) in [5, 5.41) is 10.3. The Hall–Kier alpha value is -1.80. The fourth-order valence-electron chi connectivity index (χ4n) is 1.65. The van der Waals surface area contributed by atoms with Gasteiger partial charge in [0.15, 0.2) is 0 Å². The van der Waals surface area contributed by atoms with Crippen molar-refractivity contribution in [1.29, 1.82) is 0 Å². The molecule has 8 nitrogen and oxygen atoms in total. The second kappa shape index (κ2) is 9.16. The molecule has 112 valence electrons. The first-order chi connectivity index (χ1) is 9.61. The van der Waals surface area contributed by atoms with Crippen molar-refractivity contribution in [2.75, 3.05) is 32.7 Å². The van der Waals surface area contributed by atoms with Crippen molar-refractivity contribution in [3.63, 3.8) is 0 Å². The molecule has 1 heterocycles. The average Bonchev–Trinajstić information content (AvgIpc) is 2.42. The lowest BCUT2D eigenvalue weighted by Gasteiger charge is -2.08. The molecule has 20 heavy (non-hydrogen) atoms. The Labute approximate surface area is 117 Å². The molecule has 0 aromatic carbocycles. The van der Waals surface area contributed by atoms with Gasteiger partial charge < -0.3 is 16.0 Å². The minimum Gasteiger partial charge on any atom is -0.349 e. The number of carbonyl (C=O) groups excluding carboxylic acids is 4. The smallest absolute Gasteiger partial charge is 0.307 e. The Kier molecular flexibility index (Phi) is 7.44. The quantitative estimate of drug-likeness (QED) is 0.293. The Morgan fingerprint density at radius 3 is 2.15 bits per heavy atom.